The first-order valence-electron chi connectivity index (χ1n) is 12.8. The highest BCUT2D eigenvalue weighted by Crippen LogP contribution is 2.35. The quantitative estimate of drug-likeness (QED) is 0.240. The minimum Gasteiger partial charge on any atom is -0.404 e. The summed E-state index contributed by atoms with van der Waals surface area (Å²) < 4.78 is 47.8. The second kappa shape index (κ2) is 12.6. The molecule has 3 heterocycles. The van der Waals surface area contributed by atoms with Crippen molar-refractivity contribution in [2.24, 2.45) is 4.99 Å². The average molecular weight is 646 g/mol. The highest BCUT2D eigenvalue weighted by Gasteiger charge is 2.33. The third kappa shape index (κ3) is 7.01. The van der Waals surface area contributed by atoms with Gasteiger partial charge in [-0.3, -0.25) is 9.69 Å². The van der Waals surface area contributed by atoms with Crippen LogP contribution in [0.15, 0.2) is 66.0 Å². The SMILES string of the molecule is COC(C)c1ccc(C)cc1N1C(=O)CS/C1=N\C(=O)Nc1ccc(-c2ncn(-c3ccc(OC(F)(F)F)cn3)n2)cc1Cl. The van der Waals surface area contributed by atoms with Crippen LogP contribution in [0.2, 0.25) is 5.02 Å². The van der Waals surface area contributed by atoms with E-state index in [1.165, 1.54) is 28.0 Å². The van der Waals surface area contributed by atoms with Gasteiger partial charge in [0, 0.05) is 18.2 Å². The van der Waals surface area contributed by atoms with Crippen molar-refractivity contribution in [2.75, 3.05) is 23.1 Å². The van der Waals surface area contributed by atoms with E-state index < -0.39 is 18.1 Å². The molecule has 1 unspecified atom stereocenters. The lowest BCUT2D eigenvalue weighted by Gasteiger charge is -2.23. The number of rotatable bonds is 7. The van der Waals surface area contributed by atoms with Gasteiger partial charge in [-0.05, 0) is 55.8 Å². The van der Waals surface area contributed by atoms with Crippen LogP contribution in [-0.2, 0) is 9.53 Å². The Morgan fingerprint density at radius 3 is 2.64 bits per heavy atom. The predicted molar refractivity (Wildman–Crippen MR) is 159 cm³/mol. The molecule has 1 fully saturated rings. The summed E-state index contributed by atoms with van der Waals surface area (Å²) in [6, 6.07) is 12.0. The number of nitrogens with one attached hydrogen (secondary N) is 1. The van der Waals surface area contributed by atoms with Crippen molar-refractivity contribution in [2.45, 2.75) is 26.3 Å². The van der Waals surface area contributed by atoms with Crippen LogP contribution in [0.1, 0.15) is 24.2 Å². The molecule has 1 aliphatic heterocycles. The first kappa shape index (κ1) is 31.0. The van der Waals surface area contributed by atoms with E-state index in [-0.39, 0.29) is 45.3 Å². The number of methoxy groups -OCH3 is 1. The number of aryl methyl sites for hydroxylation is 1. The molecular weight excluding hydrogens is 623 g/mol. The van der Waals surface area contributed by atoms with Gasteiger partial charge in [0.05, 0.1) is 34.5 Å². The number of nitrogens with zero attached hydrogens (tertiary/aromatic N) is 6. The van der Waals surface area contributed by atoms with Gasteiger partial charge < -0.3 is 14.8 Å². The Morgan fingerprint density at radius 2 is 1.95 bits per heavy atom. The predicted octanol–water partition coefficient (Wildman–Crippen LogP) is 6.57. The van der Waals surface area contributed by atoms with Crippen molar-refractivity contribution >= 4 is 51.8 Å². The summed E-state index contributed by atoms with van der Waals surface area (Å²) in [7, 11) is 1.57. The number of halogens is 4. The summed E-state index contributed by atoms with van der Waals surface area (Å²) in [6.45, 7) is 3.76. The molecule has 44 heavy (non-hydrogen) atoms. The molecule has 1 aliphatic rings. The summed E-state index contributed by atoms with van der Waals surface area (Å²) in [5.74, 6) is -0.108. The maximum Gasteiger partial charge on any atom is 0.573 e. The molecule has 0 aliphatic carbocycles. The van der Waals surface area contributed by atoms with E-state index in [4.69, 9.17) is 16.3 Å². The number of carbonyl (C=O) groups excluding carboxylic acids is 2. The Balaban J connectivity index is 1.31. The van der Waals surface area contributed by atoms with E-state index in [0.717, 1.165) is 35.2 Å². The Labute approximate surface area is 258 Å². The highest BCUT2D eigenvalue weighted by atomic mass is 35.5. The van der Waals surface area contributed by atoms with Gasteiger partial charge in [-0.15, -0.1) is 18.3 Å². The summed E-state index contributed by atoms with van der Waals surface area (Å²) in [5, 5.41) is 7.31. The van der Waals surface area contributed by atoms with Crippen molar-refractivity contribution in [3.05, 3.63) is 77.2 Å². The number of benzene rings is 2. The Bertz CT molecular complexity index is 1750. The van der Waals surface area contributed by atoms with Gasteiger partial charge in [-0.1, -0.05) is 35.5 Å². The zero-order valence-electron chi connectivity index (χ0n) is 23.3. The molecule has 5 rings (SSSR count). The Kier molecular flexibility index (Phi) is 8.90. The topological polar surface area (TPSA) is 124 Å². The summed E-state index contributed by atoms with van der Waals surface area (Å²) in [4.78, 5) is 39.5. The number of aliphatic imine (C=N–C) groups is 1. The summed E-state index contributed by atoms with van der Waals surface area (Å²) in [6.07, 6.45) is -2.88. The van der Waals surface area contributed by atoms with Crippen molar-refractivity contribution in [3.8, 4) is 23.0 Å². The maximum absolute atomic E-state index is 12.9. The number of hydrogen-bond donors (Lipinski definition) is 1. The zero-order valence-corrected chi connectivity index (χ0v) is 24.9. The van der Waals surface area contributed by atoms with Gasteiger partial charge >= 0.3 is 12.4 Å². The number of amides is 3. The molecule has 11 nitrogen and oxygen atoms in total. The van der Waals surface area contributed by atoms with Crippen LogP contribution in [0.25, 0.3) is 17.2 Å². The fourth-order valence-electron chi connectivity index (χ4n) is 4.19. The van der Waals surface area contributed by atoms with Crippen LogP contribution in [0.4, 0.5) is 29.3 Å². The second-order valence-electron chi connectivity index (χ2n) is 9.39. The summed E-state index contributed by atoms with van der Waals surface area (Å²) >= 11 is 7.59. The highest BCUT2D eigenvalue weighted by molar-refractivity contribution is 8.15. The minimum absolute atomic E-state index is 0.122. The molecule has 2 aromatic heterocycles. The lowest BCUT2D eigenvalue weighted by molar-refractivity contribution is -0.274. The fourth-order valence-corrected chi connectivity index (χ4v) is 5.28. The number of ether oxygens (including phenoxy) is 2. The molecular formula is C28H23ClF3N7O4S. The maximum atomic E-state index is 12.9. The fraction of sp³-hybridized carbons (Fsp3) is 0.214. The van der Waals surface area contributed by atoms with Gasteiger partial charge in [0.2, 0.25) is 5.91 Å². The Hall–Kier alpha value is -4.47. The number of thioether (sulfide) groups is 1. The van der Waals surface area contributed by atoms with E-state index in [2.05, 4.69) is 30.1 Å². The second-order valence-corrected chi connectivity index (χ2v) is 10.7. The number of urea groups is 1. The molecule has 228 valence electrons. The lowest BCUT2D eigenvalue weighted by Crippen LogP contribution is -2.31. The smallest absolute Gasteiger partial charge is 0.404 e. The molecule has 0 spiro atoms. The molecule has 1 N–H and O–H groups in total. The number of pyridine rings is 1. The van der Waals surface area contributed by atoms with Crippen LogP contribution < -0.4 is 15.0 Å². The number of anilines is 2. The third-order valence-electron chi connectivity index (χ3n) is 6.33. The normalized spacial score (nSPS) is 15.1. The monoisotopic (exact) mass is 645 g/mol. The van der Waals surface area contributed by atoms with Gasteiger partial charge in [0.1, 0.15) is 12.1 Å². The Morgan fingerprint density at radius 1 is 1.16 bits per heavy atom. The standard InChI is InChI=1S/C28H23ClF3N7O4S/c1-15-4-7-19(16(2)42-3)22(10-15)39-24(40)13-44-27(39)36-26(41)35-21-8-5-17(11-20(21)29)25-34-14-38(37-25)23-9-6-18(12-33-23)43-28(30,31)32/h4-12,14,16H,13H2,1-3H3,(H,35,41)/b36-27-. The summed E-state index contributed by atoms with van der Waals surface area (Å²) in [5.41, 5.74) is 3.06. The number of carbonyl (C=O) groups is 2. The number of aromatic nitrogens is 4. The van der Waals surface area contributed by atoms with E-state index in [0.29, 0.717) is 11.3 Å². The van der Waals surface area contributed by atoms with E-state index >= 15 is 0 Å². The molecule has 2 aromatic carbocycles. The van der Waals surface area contributed by atoms with Crippen LogP contribution >= 0.6 is 23.4 Å². The molecule has 3 amide bonds. The largest absolute Gasteiger partial charge is 0.573 e. The van der Waals surface area contributed by atoms with Crippen LogP contribution in [0.5, 0.6) is 5.75 Å². The lowest BCUT2D eigenvalue weighted by atomic mass is 10.0. The number of hydrogen-bond acceptors (Lipinski definition) is 8. The molecule has 16 heteroatoms. The number of amidine groups is 1. The molecule has 1 atom stereocenters. The van der Waals surface area contributed by atoms with Crippen molar-refractivity contribution < 1.29 is 32.2 Å². The van der Waals surface area contributed by atoms with E-state index in [9.17, 15) is 22.8 Å². The molecule has 1 saturated heterocycles. The van der Waals surface area contributed by atoms with Gasteiger partial charge in [0.15, 0.2) is 16.8 Å². The zero-order chi connectivity index (χ0) is 31.6. The molecule has 4 aromatic rings. The van der Waals surface area contributed by atoms with Gasteiger partial charge in [0.25, 0.3) is 0 Å². The van der Waals surface area contributed by atoms with Gasteiger partial charge in [-0.2, -0.15) is 4.99 Å². The van der Waals surface area contributed by atoms with Crippen LogP contribution in [0, 0.1) is 6.92 Å². The molecule has 0 radical (unpaired) electrons. The third-order valence-corrected chi connectivity index (χ3v) is 7.57. The van der Waals surface area contributed by atoms with Crippen molar-refractivity contribution in [3.63, 3.8) is 0 Å². The van der Waals surface area contributed by atoms with Crippen LogP contribution in [0.3, 0.4) is 0 Å². The van der Waals surface area contributed by atoms with Crippen molar-refractivity contribution in [1.82, 2.24) is 19.7 Å². The minimum atomic E-state index is -4.83. The van der Waals surface area contributed by atoms with Crippen molar-refractivity contribution in [1.29, 1.82) is 0 Å². The van der Waals surface area contributed by atoms with E-state index in [1.807, 2.05) is 32.0 Å². The average Bonchev–Trinajstić information content (AvgIpc) is 3.60. The first-order valence-corrected chi connectivity index (χ1v) is 14.2. The van der Waals surface area contributed by atoms with Gasteiger partial charge in [-0.25, -0.2) is 19.4 Å². The van der Waals surface area contributed by atoms with Crippen LogP contribution in [-0.4, -0.2) is 56.1 Å². The molecule has 0 bridgehead atoms. The van der Waals surface area contributed by atoms with E-state index in [1.54, 1.807) is 19.2 Å². The first-order chi connectivity index (χ1) is 20.9. The molecule has 0 saturated carbocycles. The number of alkyl halides is 3.